The molecular formula is C24H33N3O4. The maximum atomic E-state index is 12.6. The highest BCUT2D eigenvalue weighted by atomic mass is 16.5. The molecule has 31 heavy (non-hydrogen) atoms. The summed E-state index contributed by atoms with van der Waals surface area (Å²) < 4.78 is 6.83. The van der Waals surface area contributed by atoms with Crippen molar-refractivity contribution in [2.75, 3.05) is 0 Å². The Bertz CT molecular complexity index is 1000. The second-order valence-corrected chi connectivity index (χ2v) is 8.83. The Morgan fingerprint density at radius 2 is 2.06 bits per heavy atom. The first-order valence-electron chi connectivity index (χ1n) is 11.2. The number of benzene rings is 1. The summed E-state index contributed by atoms with van der Waals surface area (Å²) in [6.07, 6.45) is 4.51. The number of hydrogen-bond donors (Lipinski definition) is 1. The Morgan fingerprint density at radius 1 is 1.29 bits per heavy atom. The van der Waals surface area contributed by atoms with Gasteiger partial charge in [-0.25, -0.2) is 4.98 Å². The SMILES string of the molecule is Cc1cccc2c(=O)n(CCCC(=O)O[C@H](C)C(=O)N[C@@H]3CCC[C@H](C)[C@@H]3C)cnc12. The van der Waals surface area contributed by atoms with E-state index in [9.17, 15) is 14.4 Å². The van der Waals surface area contributed by atoms with Gasteiger partial charge in [0.05, 0.1) is 17.2 Å². The van der Waals surface area contributed by atoms with Crippen LogP contribution in [0.3, 0.4) is 0 Å². The molecule has 0 saturated heterocycles. The molecule has 0 aliphatic heterocycles. The second-order valence-electron chi connectivity index (χ2n) is 8.83. The highest BCUT2D eigenvalue weighted by Crippen LogP contribution is 2.29. The van der Waals surface area contributed by atoms with Crippen molar-refractivity contribution in [2.24, 2.45) is 11.8 Å². The highest BCUT2D eigenvalue weighted by Gasteiger charge is 2.30. The van der Waals surface area contributed by atoms with Crippen LogP contribution in [-0.2, 0) is 20.9 Å². The largest absolute Gasteiger partial charge is 0.453 e. The lowest BCUT2D eigenvalue weighted by Crippen LogP contribution is -2.47. The number of amides is 1. The molecule has 2 aromatic rings. The van der Waals surface area contributed by atoms with Crippen LogP contribution in [0.15, 0.2) is 29.3 Å². The smallest absolute Gasteiger partial charge is 0.306 e. The maximum Gasteiger partial charge on any atom is 0.306 e. The van der Waals surface area contributed by atoms with E-state index in [1.54, 1.807) is 13.0 Å². The van der Waals surface area contributed by atoms with Crippen LogP contribution in [0.25, 0.3) is 10.9 Å². The topological polar surface area (TPSA) is 90.3 Å². The first-order valence-corrected chi connectivity index (χ1v) is 11.2. The Hall–Kier alpha value is -2.70. The van der Waals surface area contributed by atoms with Crippen molar-refractivity contribution in [2.45, 2.75) is 78.5 Å². The molecule has 7 heteroatoms. The van der Waals surface area contributed by atoms with Crippen LogP contribution in [0, 0.1) is 18.8 Å². The predicted octanol–water partition coefficient (Wildman–Crippen LogP) is 3.36. The van der Waals surface area contributed by atoms with Gasteiger partial charge in [-0.15, -0.1) is 0 Å². The molecule has 0 spiro atoms. The number of carbonyl (C=O) groups excluding carboxylic acids is 2. The number of para-hydroxylation sites is 1. The van der Waals surface area contributed by atoms with Gasteiger partial charge in [-0.05, 0) is 50.2 Å². The summed E-state index contributed by atoms with van der Waals surface area (Å²) in [6, 6.07) is 5.65. The average Bonchev–Trinajstić information content (AvgIpc) is 2.73. The summed E-state index contributed by atoms with van der Waals surface area (Å²) in [7, 11) is 0. The van der Waals surface area contributed by atoms with Gasteiger partial charge in [-0.3, -0.25) is 19.0 Å². The van der Waals surface area contributed by atoms with E-state index in [1.807, 2.05) is 19.1 Å². The predicted molar refractivity (Wildman–Crippen MR) is 120 cm³/mol. The molecule has 1 heterocycles. The number of hydrogen-bond acceptors (Lipinski definition) is 5. The van der Waals surface area contributed by atoms with E-state index in [0.29, 0.717) is 35.7 Å². The summed E-state index contributed by atoms with van der Waals surface area (Å²) >= 11 is 0. The van der Waals surface area contributed by atoms with Gasteiger partial charge in [0.15, 0.2) is 6.10 Å². The molecule has 0 bridgehead atoms. The van der Waals surface area contributed by atoms with E-state index in [-0.39, 0.29) is 23.9 Å². The third-order valence-corrected chi connectivity index (χ3v) is 6.55. The van der Waals surface area contributed by atoms with Gasteiger partial charge in [-0.1, -0.05) is 38.8 Å². The molecular weight excluding hydrogens is 394 g/mol. The van der Waals surface area contributed by atoms with Crippen LogP contribution in [0.1, 0.15) is 58.4 Å². The average molecular weight is 428 g/mol. The van der Waals surface area contributed by atoms with E-state index in [1.165, 1.54) is 17.3 Å². The van der Waals surface area contributed by atoms with Gasteiger partial charge in [0.25, 0.3) is 11.5 Å². The van der Waals surface area contributed by atoms with Crippen molar-refractivity contribution in [1.82, 2.24) is 14.9 Å². The summed E-state index contributed by atoms with van der Waals surface area (Å²) in [5.41, 5.74) is 1.53. The van der Waals surface area contributed by atoms with Crippen molar-refractivity contribution < 1.29 is 14.3 Å². The Morgan fingerprint density at radius 3 is 2.84 bits per heavy atom. The van der Waals surface area contributed by atoms with Crippen molar-refractivity contribution in [3.8, 4) is 0 Å². The summed E-state index contributed by atoms with van der Waals surface area (Å²) in [4.78, 5) is 41.6. The quantitative estimate of drug-likeness (QED) is 0.685. The molecule has 1 fully saturated rings. The number of ether oxygens (including phenoxy) is 1. The standard InChI is InChI=1S/C24H33N3O4/c1-15-8-6-11-20(17(15)3)26-23(29)18(4)31-21(28)12-7-13-27-14-25-22-16(2)9-5-10-19(22)24(27)30/h5,9-10,14-15,17-18,20H,6-8,11-13H2,1-4H3,(H,26,29)/t15-,17-,18+,20+/m0/s1. The van der Waals surface area contributed by atoms with Crippen LogP contribution in [0.5, 0.6) is 0 Å². The lowest BCUT2D eigenvalue weighted by atomic mass is 9.78. The minimum atomic E-state index is -0.829. The number of nitrogens with zero attached hydrogens (tertiary/aromatic N) is 2. The van der Waals surface area contributed by atoms with Crippen LogP contribution in [0.4, 0.5) is 0 Å². The fraction of sp³-hybridized carbons (Fsp3) is 0.583. The van der Waals surface area contributed by atoms with E-state index < -0.39 is 12.1 Å². The number of nitrogens with one attached hydrogen (secondary N) is 1. The number of aromatic nitrogens is 2. The lowest BCUT2D eigenvalue weighted by Gasteiger charge is -2.35. The molecule has 1 aliphatic rings. The zero-order valence-electron chi connectivity index (χ0n) is 18.9. The molecule has 1 aromatic carbocycles. The molecule has 168 valence electrons. The van der Waals surface area contributed by atoms with Crippen LogP contribution in [0.2, 0.25) is 0 Å². The Labute approximate surface area is 183 Å². The van der Waals surface area contributed by atoms with E-state index in [4.69, 9.17) is 4.74 Å². The summed E-state index contributed by atoms with van der Waals surface area (Å²) in [5, 5.41) is 3.62. The van der Waals surface area contributed by atoms with Gasteiger partial charge in [0.1, 0.15) is 0 Å². The van der Waals surface area contributed by atoms with Crippen molar-refractivity contribution in [1.29, 1.82) is 0 Å². The Kier molecular flexibility index (Phi) is 7.46. The molecule has 1 amide bonds. The summed E-state index contributed by atoms with van der Waals surface area (Å²) in [6.45, 7) is 8.26. The molecule has 1 N–H and O–H groups in total. The molecule has 7 nitrogen and oxygen atoms in total. The van der Waals surface area contributed by atoms with E-state index in [2.05, 4.69) is 24.1 Å². The maximum absolute atomic E-state index is 12.6. The zero-order chi connectivity index (χ0) is 22.5. The molecule has 1 aliphatic carbocycles. The third kappa shape index (κ3) is 5.51. The van der Waals surface area contributed by atoms with Crippen LogP contribution < -0.4 is 10.9 Å². The van der Waals surface area contributed by atoms with Crippen molar-refractivity contribution >= 4 is 22.8 Å². The minimum absolute atomic E-state index is 0.120. The molecule has 1 aromatic heterocycles. The molecule has 3 rings (SSSR count). The highest BCUT2D eigenvalue weighted by molar-refractivity contribution is 5.83. The molecule has 0 unspecified atom stereocenters. The van der Waals surface area contributed by atoms with Gasteiger partial charge < -0.3 is 10.1 Å². The fourth-order valence-corrected chi connectivity index (χ4v) is 4.29. The monoisotopic (exact) mass is 427 g/mol. The number of carbonyl (C=O) groups is 2. The third-order valence-electron chi connectivity index (χ3n) is 6.55. The fourth-order valence-electron chi connectivity index (χ4n) is 4.29. The normalized spacial score (nSPS) is 22.1. The van der Waals surface area contributed by atoms with Crippen LogP contribution >= 0.6 is 0 Å². The first kappa shape index (κ1) is 23.0. The zero-order valence-corrected chi connectivity index (χ0v) is 18.9. The number of aryl methyl sites for hydroxylation is 2. The molecule has 0 radical (unpaired) electrons. The van der Waals surface area contributed by atoms with Gasteiger partial charge in [0.2, 0.25) is 0 Å². The number of esters is 1. The van der Waals surface area contributed by atoms with Gasteiger partial charge >= 0.3 is 5.97 Å². The minimum Gasteiger partial charge on any atom is -0.453 e. The van der Waals surface area contributed by atoms with Crippen molar-refractivity contribution in [3.63, 3.8) is 0 Å². The Balaban J connectivity index is 1.48. The van der Waals surface area contributed by atoms with Crippen LogP contribution in [-0.4, -0.2) is 33.6 Å². The van der Waals surface area contributed by atoms with E-state index >= 15 is 0 Å². The number of rotatable bonds is 7. The molecule has 1 saturated carbocycles. The summed E-state index contributed by atoms with van der Waals surface area (Å²) in [5.74, 6) is 0.307. The lowest BCUT2D eigenvalue weighted by molar-refractivity contribution is -0.155. The first-order chi connectivity index (χ1) is 14.8. The number of fused-ring (bicyclic) bond motifs is 1. The van der Waals surface area contributed by atoms with Crippen molar-refractivity contribution in [3.05, 3.63) is 40.4 Å². The van der Waals surface area contributed by atoms with Gasteiger partial charge in [0, 0.05) is 19.0 Å². The van der Waals surface area contributed by atoms with E-state index in [0.717, 1.165) is 18.4 Å². The van der Waals surface area contributed by atoms with Gasteiger partial charge in [-0.2, -0.15) is 0 Å². The molecule has 4 atom stereocenters. The second kappa shape index (κ2) is 10.1.